The van der Waals surface area contributed by atoms with Gasteiger partial charge in [-0.15, -0.1) is 0 Å². The molecule has 1 aromatic rings. The van der Waals surface area contributed by atoms with Crippen molar-refractivity contribution in [3.63, 3.8) is 0 Å². The first-order chi connectivity index (χ1) is 10.2. The van der Waals surface area contributed by atoms with Crippen molar-refractivity contribution in [1.29, 1.82) is 0 Å². The average Bonchev–Trinajstić information content (AvgIpc) is 2.92. The van der Waals surface area contributed by atoms with Gasteiger partial charge < -0.3 is 19.9 Å². The van der Waals surface area contributed by atoms with Crippen LogP contribution in [0.15, 0.2) is 4.52 Å². The van der Waals surface area contributed by atoms with Crippen molar-refractivity contribution < 1.29 is 9.26 Å². The number of nitrogens with two attached hydrogens (primary N) is 1. The van der Waals surface area contributed by atoms with E-state index >= 15 is 0 Å². The Kier molecular flexibility index (Phi) is 4.57. The molecule has 0 spiro atoms. The largest absolute Gasteiger partial charge is 0.378 e. The van der Waals surface area contributed by atoms with E-state index in [1.165, 1.54) is 25.7 Å². The molecule has 2 fully saturated rings. The van der Waals surface area contributed by atoms with Crippen molar-refractivity contribution in [3.05, 3.63) is 11.7 Å². The van der Waals surface area contributed by atoms with Crippen LogP contribution in [0.25, 0.3) is 0 Å². The minimum absolute atomic E-state index is 0.0826. The van der Waals surface area contributed by atoms with Crippen molar-refractivity contribution in [2.75, 3.05) is 26.7 Å². The highest BCUT2D eigenvalue weighted by Gasteiger charge is 2.39. The number of hydrogen-bond donors (Lipinski definition) is 1. The molecular formula is C15H26N4O2. The van der Waals surface area contributed by atoms with E-state index in [0.717, 1.165) is 32.5 Å². The third-order valence-corrected chi connectivity index (χ3v) is 4.89. The summed E-state index contributed by atoms with van der Waals surface area (Å²) < 4.78 is 11.0. The summed E-state index contributed by atoms with van der Waals surface area (Å²) in [6, 6.07) is -0.166. The first-order valence-corrected chi connectivity index (χ1v) is 8.06. The standard InChI is InChI=1S/C15H26N4O2/c1-20-15(6-5-7-15)10-13-17-14(18-21-13)12(16)11-19-8-3-2-4-9-19/h12H,2-11,16H2,1H3. The Labute approximate surface area is 126 Å². The Morgan fingerprint density at radius 2 is 2.05 bits per heavy atom. The molecule has 0 radical (unpaired) electrons. The minimum atomic E-state index is -0.166. The number of ether oxygens (including phenoxy) is 1. The molecule has 1 atom stereocenters. The van der Waals surface area contributed by atoms with Gasteiger partial charge in [0, 0.05) is 13.7 Å². The Morgan fingerprint density at radius 1 is 1.29 bits per heavy atom. The maximum atomic E-state index is 6.22. The molecule has 118 valence electrons. The molecule has 6 heteroatoms. The normalized spacial score (nSPS) is 23.7. The van der Waals surface area contributed by atoms with Gasteiger partial charge in [0.05, 0.1) is 18.1 Å². The van der Waals surface area contributed by atoms with E-state index in [1.807, 2.05) is 0 Å². The first-order valence-electron chi connectivity index (χ1n) is 8.06. The van der Waals surface area contributed by atoms with Gasteiger partial charge in [-0.1, -0.05) is 11.6 Å². The second-order valence-electron chi connectivity index (χ2n) is 6.43. The first kappa shape index (κ1) is 14.9. The van der Waals surface area contributed by atoms with Gasteiger partial charge in [-0.05, 0) is 45.2 Å². The van der Waals surface area contributed by atoms with Crippen LogP contribution in [0.4, 0.5) is 0 Å². The van der Waals surface area contributed by atoms with Gasteiger partial charge in [0.2, 0.25) is 5.89 Å². The highest BCUT2D eigenvalue weighted by atomic mass is 16.5. The van der Waals surface area contributed by atoms with Gasteiger partial charge in [0.1, 0.15) is 0 Å². The molecule has 21 heavy (non-hydrogen) atoms. The van der Waals surface area contributed by atoms with E-state index in [-0.39, 0.29) is 11.6 Å². The predicted molar refractivity (Wildman–Crippen MR) is 78.8 cm³/mol. The van der Waals surface area contributed by atoms with Crippen molar-refractivity contribution in [3.8, 4) is 0 Å². The Morgan fingerprint density at radius 3 is 2.67 bits per heavy atom. The summed E-state index contributed by atoms with van der Waals surface area (Å²) >= 11 is 0. The number of hydrogen-bond acceptors (Lipinski definition) is 6. The van der Waals surface area contributed by atoms with Crippen LogP contribution in [0.2, 0.25) is 0 Å². The summed E-state index contributed by atoms with van der Waals surface area (Å²) in [6.45, 7) is 3.07. The predicted octanol–water partition coefficient (Wildman–Crippen LogP) is 1.67. The molecular weight excluding hydrogens is 268 g/mol. The number of piperidine rings is 1. The molecule has 2 heterocycles. The molecule has 0 amide bonds. The summed E-state index contributed by atoms with van der Waals surface area (Å²) in [6.07, 6.45) is 7.91. The lowest BCUT2D eigenvalue weighted by Gasteiger charge is -2.39. The van der Waals surface area contributed by atoms with Crippen molar-refractivity contribution >= 4 is 0 Å². The maximum Gasteiger partial charge on any atom is 0.229 e. The zero-order valence-corrected chi connectivity index (χ0v) is 12.9. The summed E-state index contributed by atoms with van der Waals surface area (Å²) in [5.41, 5.74) is 6.14. The Balaban J connectivity index is 1.56. The van der Waals surface area contributed by atoms with Gasteiger partial charge in [0.25, 0.3) is 0 Å². The van der Waals surface area contributed by atoms with E-state index in [0.29, 0.717) is 18.1 Å². The summed E-state index contributed by atoms with van der Waals surface area (Å²) in [4.78, 5) is 6.88. The molecule has 2 aliphatic rings. The van der Waals surface area contributed by atoms with E-state index in [4.69, 9.17) is 15.0 Å². The molecule has 2 N–H and O–H groups in total. The van der Waals surface area contributed by atoms with Crippen LogP contribution in [0.3, 0.4) is 0 Å². The van der Waals surface area contributed by atoms with Crippen LogP contribution in [-0.2, 0) is 11.2 Å². The van der Waals surface area contributed by atoms with Crippen molar-refractivity contribution in [1.82, 2.24) is 15.0 Å². The summed E-state index contributed by atoms with van der Waals surface area (Å²) in [5, 5.41) is 4.07. The SMILES string of the molecule is COC1(Cc2nc(C(N)CN3CCCCC3)no2)CCC1. The molecule has 1 aliphatic carbocycles. The summed E-state index contributed by atoms with van der Waals surface area (Å²) in [7, 11) is 1.76. The van der Waals surface area contributed by atoms with Gasteiger partial charge in [-0.2, -0.15) is 4.98 Å². The highest BCUT2D eigenvalue weighted by Crippen LogP contribution is 2.37. The molecule has 1 saturated carbocycles. The van der Waals surface area contributed by atoms with Crippen molar-refractivity contribution in [2.24, 2.45) is 5.73 Å². The number of aromatic nitrogens is 2. The highest BCUT2D eigenvalue weighted by molar-refractivity contribution is 5.01. The van der Waals surface area contributed by atoms with Crippen LogP contribution in [0.1, 0.15) is 56.3 Å². The lowest BCUT2D eigenvalue weighted by atomic mass is 9.77. The second-order valence-corrected chi connectivity index (χ2v) is 6.43. The number of rotatable bonds is 6. The fourth-order valence-electron chi connectivity index (χ4n) is 3.29. The number of methoxy groups -OCH3 is 1. The van der Waals surface area contributed by atoms with E-state index in [1.54, 1.807) is 7.11 Å². The van der Waals surface area contributed by atoms with Crippen LogP contribution in [0, 0.1) is 0 Å². The molecule has 1 unspecified atom stereocenters. The smallest absolute Gasteiger partial charge is 0.229 e. The van der Waals surface area contributed by atoms with Crippen molar-refractivity contribution in [2.45, 2.75) is 56.6 Å². The fraction of sp³-hybridized carbons (Fsp3) is 0.867. The zero-order valence-electron chi connectivity index (χ0n) is 12.9. The third-order valence-electron chi connectivity index (χ3n) is 4.89. The Hall–Kier alpha value is -0.980. The Bertz CT molecular complexity index is 447. The van der Waals surface area contributed by atoms with E-state index in [9.17, 15) is 0 Å². The molecule has 0 aromatic carbocycles. The van der Waals surface area contributed by atoms with Gasteiger partial charge in [-0.25, -0.2) is 0 Å². The average molecular weight is 294 g/mol. The molecule has 6 nitrogen and oxygen atoms in total. The number of likely N-dealkylation sites (tertiary alicyclic amines) is 1. The van der Waals surface area contributed by atoms with Crippen LogP contribution in [0.5, 0.6) is 0 Å². The number of nitrogens with zero attached hydrogens (tertiary/aromatic N) is 3. The van der Waals surface area contributed by atoms with Crippen LogP contribution < -0.4 is 5.73 Å². The van der Waals surface area contributed by atoms with E-state index in [2.05, 4.69) is 15.0 Å². The van der Waals surface area contributed by atoms with Gasteiger partial charge >= 0.3 is 0 Å². The molecule has 1 saturated heterocycles. The monoisotopic (exact) mass is 294 g/mol. The zero-order chi connectivity index (χ0) is 14.7. The van der Waals surface area contributed by atoms with E-state index < -0.39 is 0 Å². The third kappa shape index (κ3) is 3.44. The lowest BCUT2D eigenvalue weighted by molar-refractivity contribution is -0.0751. The summed E-state index contributed by atoms with van der Waals surface area (Å²) in [5.74, 6) is 1.28. The lowest BCUT2D eigenvalue weighted by Crippen LogP contribution is -2.41. The van der Waals surface area contributed by atoms with Crippen LogP contribution in [-0.4, -0.2) is 47.4 Å². The minimum Gasteiger partial charge on any atom is -0.378 e. The van der Waals surface area contributed by atoms with Gasteiger partial charge in [-0.3, -0.25) is 0 Å². The molecule has 1 aliphatic heterocycles. The molecule has 0 bridgehead atoms. The molecule has 1 aromatic heterocycles. The maximum absolute atomic E-state index is 6.22. The van der Waals surface area contributed by atoms with Gasteiger partial charge in [0.15, 0.2) is 5.82 Å². The molecule has 3 rings (SSSR count). The van der Waals surface area contributed by atoms with Crippen LogP contribution >= 0.6 is 0 Å². The topological polar surface area (TPSA) is 77.4 Å². The second kappa shape index (κ2) is 6.42. The fourth-order valence-corrected chi connectivity index (χ4v) is 3.29. The quantitative estimate of drug-likeness (QED) is 0.860.